The summed E-state index contributed by atoms with van der Waals surface area (Å²) in [5, 5.41) is 3.08. The minimum Gasteiger partial charge on any atom is -0.316 e. The smallest absolute Gasteiger partial charge is 0.243 e. The number of hydrogen-bond donors (Lipinski definition) is 1. The molecular weight excluding hydrogens is 272 g/mol. The molecule has 0 unspecified atom stereocenters. The molecule has 0 aromatic heterocycles. The molecule has 20 heavy (non-hydrogen) atoms. The summed E-state index contributed by atoms with van der Waals surface area (Å²) in [6.07, 6.45) is 0. The summed E-state index contributed by atoms with van der Waals surface area (Å²) >= 11 is 0. The Balaban J connectivity index is 3.27. The molecule has 0 aliphatic rings. The fraction of sp³-hybridized carbons (Fsp3) is 0.600. The van der Waals surface area contributed by atoms with E-state index in [1.54, 1.807) is 13.1 Å². The van der Waals surface area contributed by atoms with Crippen LogP contribution in [0.3, 0.4) is 0 Å². The molecule has 0 saturated carbocycles. The Morgan fingerprint density at radius 3 is 2.30 bits per heavy atom. The summed E-state index contributed by atoms with van der Waals surface area (Å²) in [4.78, 5) is 0.413. The first kappa shape index (κ1) is 17.1. The number of rotatable bonds is 6. The molecule has 0 atom stereocenters. The Morgan fingerprint density at radius 2 is 1.80 bits per heavy atom. The van der Waals surface area contributed by atoms with Gasteiger partial charge in [0.15, 0.2) is 0 Å². The number of hydrogen-bond acceptors (Lipinski definition) is 3. The predicted octanol–water partition coefficient (Wildman–Crippen LogP) is 2.30. The summed E-state index contributed by atoms with van der Waals surface area (Å²) in [6.45, 7) is 9.08. The molecule has 4 nitrogen and oxygen atoms in total. The van der Waals surface area contributed by atoms with Crippen molar-refractivity contribution < 1.29 is 8.42 Å². The topological polar surface area (TPSA) is 49.4 Å². The van der Waals surface area contributed by atoms with Crippen LogP contribution >= 0.6 is 0 Å². The monoisotopic (exact) mass is 298 g/mol. The van der Waals surface area contributed by atoms with Gasteiger partial charge in [0.2, 0.25) is 10.0 Å². The van der Waals surface area contributed by atoms with E-state index in [2.05, 4.69) is 5.32 Å². The van der Waals surface area contributed by atoms with Crippen LogP contribution in [0.25, 0.3) is 0 Å². The summed E-state index contributed by atoms with van der Waals surface area (Å²) < 4.78 is 26.8. The Labute approximate surface area is 123 Å². The molecule has 0 amide bonds. The average Bonchev–Trinajstić information content (AvgIpc) is 2.31. The predicted molar refractivity (Wildman–Crippen MR) is 83.3 cm³/mol. The molecule has 1 aromatic rings. The molecule has 114 valence electrons. The highest BCUT2D eigenvalue weighted by molar-refractivity contribution is 7.89. The summed E-state index contributed by atoms with van der Waals surface area (Å²) in [5.41, 5.74) is 2.94. The van der Waals surface area contributed by atoms with Crippen LogP contribution in [-0.4, -0.2) is 33.4 Å². The van der Waals surface area contributed by atoms with Gasteiger partial charge in [-0.3, -0.25) is 0 Å². The Bertz CT molecular complexity index is 565. The van der Waals surface area contributed by atoms with Crippen molar-refractivity contribution in [3.63, 3.8) is 0 Å². The molecule has 5 heteroatoms. The molecule has 0 spiro atoms. The molecule has 0 aliphatic carbocycles. The van der Waals surface area contributed by atoms with Crippen LogP contribution in [0, 0.1) is 19.8 Å². The second kappa shape index (κ2) is 6.70. The fourth-order valence-electron chi connectivity index (χ4n) is 2.31. The first-order valence-corrected chi connectivity index (χ1v) is 8.35. The summed E-state index contributed by atoms with van der Waals surface area (Å²) in [6, 6.07) is 3.75. The van der Waals surface area contributed by atoms with E-state index in [0.29, 0.717) is 23.9 Å². The van der Waals surface area contributed by atoms with E-state index in [4.69, 9.17) is 0 Å². The summed E-state index contributed by atoms with van der Waals surface area (Å²) in [7, 11) is 0.0880. The van der Waals surface area contributed by atoms with Crippen LogP contribution in [0.15, 0.2) is 17.0 Å². The van der Waals surface area contributed by atoms with Crippen molar-refractivity contribution >= 4 is 10.0 Å². The van der Waals surface area contributed by atoms with Gasteiger partial charge in [0, 0.05) is 20.1 Å². The zero-order valence-corrected chi connectivity index (χ0v) is 14.1. The Hall–Kier alpha value is -0.910. The highest BCUT2D eigenvalue weighted by Gasteiger charge is 2.24. The van der Waals surface area contributed by atoms with Crippen molar-refractivity contribution in [2.75, 3.05) is 20.6 Å². The van der Waals surface area contributed by atoms with Crippen LogP contribution < -0.4 is 5.32 Å². The largest absolute Gasteiger partial charge is 0.316 e. The van der Waals surface area contributed by atoms with E-state index in [1.807, 2.05) is 40.8 Å². The third kappa shape index (κ3) is 3.81. The minimum absolute atomic E-state index is 0.303. The van der Waals surface area contributed by atoms with Crippen LogP contribution in [0.2, 0.25) is 0 Å². The van der Waals surface area contributed by atoms with E-state index >= 15 is 0 Å². The van der Waals surface area contributed by atoms with E-state index in [9.17, 15) is 8.42 Å². The highest BCUT2D eigenvalue weighted by atomic mass is 32.2. The van der Waals surface area contributed by atoms with Gasteiger partial charge in [-0.1, -0.05) is 19.9 Å². The first-order valence-electron chi connectivity index (χ1n) is 6.91. The average molecular weight is 298 g/mol. The van der Waals surface area contributed by atoms with E-state index in [0.717, 1.165) is 16.7 Å². The lowest BCUT2D eigenvalue weighted by atomic mass is 10.1. The molecule has 1 aromatic carbocycles. The molecular formula is C15H26N2O2S. The zero-order valence-electron chi connectivity index (χ0n) is 13.3. The van der Waals surface area contributed by atoms with Crippen LogP contribution in [-0.2, 0) is 16.6 Å². The van der Waals surface area contributed by atoms with Crippen molar-refractivity contribution in [3.8, 4) is 0 Å². The fourth-order valence-corrected chi connectivity index (χ4v) is 3.90. The second-order valence-electron chi connectivity index (χ2n) is 5.75. The number of aryl methyl sites for hydroxylation is 2. The molecule has 1 rings (SSSR count). The third-order valence-electron chi connectivity index (χ3n) is 3.31. The van der Waals surface area contributed by atoms with Crippen LogP contribution in [0.5, 0.6) is 0 Å². The number of nitrogens with one attached hydrogen (secondary N) is 1. The molecule has 0 aliphatic heterocycles. The molecule has 1 N–H and O–H groups in total. The van der Waals surface area contributed by atoms with Crippen LogP contribution in [0.1, 0.15) is 30.5 Å². The number of sulfonamides is 1. The molecule has 0 heterocycles. The van der Waals surface area contributed by atoms with Gasteiger partial charge in [-0.2, -0.15) is 0 Å². The van der Waals surface area contributed by atoms with Gasteiger partial charge in [-0.05, 0) is 49.6 Å². The van der Waals surface area contributed by atoms with Gasteiger partial charge in [0.1, 0.15) is 0 Å². The summed E-state index contributed by atoms with van der Waals surface area (Å²) in [5.74, 6) is 0.303. The third-order valence-corrected chi connectivity index (χ3v) is 5.28. The molecule has 0 radical (unpaired) electrons. The maximum atomic E-state index is 12.7. The van der Waals surface area contributed by atoms with Crippen molar-refractivity contribution in [2.45, 2.75) is 39.1 Å². The second-order valence-corrected chi connectivity index (χ2v) is 7.77. The van der Waals surface area contributed by atoms with Gasteiger partial charge < -0.3 is 5.32 Å². The zero-order chi connectivity index (χ0) is 15.5. The van der Waals surface area contributed by atoms with Crippen molar-refractivity contribution in [3.05, 3.63) is 28.8 Å². The van der Waals surface area contributed by atoms with E-state index in [-0.39, 0.29) is 0 Å². The quantitative estimate of drug-likeness (QED) is 0.876. The molecule has 0 fully saturated rings. The molecule has 0 bridgehead atoms. The Morgan fingerprint density at radius 1 is 1.20 bits per heavy atom. The van der Waals surface area contributed by atoms with E-state index in [1.165, 1.54) is 4.31 Å². The normalized spacial score (nSPS) is 12.4. The first-order chi connectivity index (χ1) is 9.20. The van der Waals surface area contributed by atoms with Crippen LogP contribution in [0.4, 0.5) is 0 Å². The lowest BCUT2D eigenvalue weighted by Crippen LogP contribution is -2.31. The maximum absolute atomic E-state index is 12.7. The van der Waals surface area contributed by atoms with E-state index < -0.39 is 10.0 Å². The highest BCUT2D eigenvalue weighted by Crippen LogP contribution is 2.23. The van der Waals surface area contributed by atoms with Crippen molar-refractivity contribution in [2.24, 2.45) is 5.92 Å². The maximum Gasteiger partial charge on any atom is 0.243 e. The van der Waals surface area contributed by atoms with Crippen molar-refractivity contribution in [1.29, 1.82) is 0 Å². The van der Waals surface area contributed by atoms with Gasteiger partial charge in [-0.25, -0.2) is 12.7 Å². The molecule has 0 saturated heterocycles. The number of nitrogens with zero attached hydrogens (tertiary/aromatic N) is 1. The standard InChI is InChI=1S/C15H26N2O2S/c1-11(2)10-17(6)20(18,19)15-8-14(9-16-5)12(3)7-13(15)4/h7-8,11,16H,9-10H2,1-6H3. The minimum atomic E-state index is -3.42. The lowest BCUT2D eigenvalue weighted by molar-refractivity contribution is 0.417. The SMILES string of the molecule is CNCc1cc(S(=O)(=O)N(C)CC(C)C)c(C)cc1C. The van der Waals surface area contributed by atoms with Crippen molar-refractivity contribution in [1.82, 2.24) is 9.62 Å². The van der Waals surface area contributed by atoms with Gasteiger partial charge in [-0.15, -0.1) is 0 Å². The number of benzene rings is 1. The Kier molecular flexibility index (Phi) is 5.74. The van der Waals surface area contributed by atoms with Gasteiger partial charge >= 0.3 is 0 Å². The lowest BCUT2D eigenvalue weighted by Gasteiger charge is -2.21. The van der Waals surface area contributed by atoms with Gasteiger partial charge in [0.05, 0.1) is 4.90 Å². The van der Waals surface area contributed by atoms with Gasteiger partial charge in [0.25, 0.3) is 0 Å².